The van der Waals surface area contributed by atoms with Crippen molar-refractivity contribution in [1.29, 1.82) is 0 Å². The van der Waals surface area contributed by atoms with Crippen molar-refractivity contribution < 1.29 is 28.7 Å². The zero-order valence-corrected chi connectivity index (χ0v) is 26.2. The van der Waals surface area contributed by atoms with Crippen molar-refractivity contribution in [2.45, 2.75) is 6.42 Å². The summed E-state index contributed by atoms with van der Waals surface area (Å²) in [4.78, 5) is 67.9. The highest BCUT2D eigenvalue weighted by molar-refractivity contribution is 6.42. The quantitative estimate of drug-likeness (QED) is 0.0892. The van der Waals surface area contributed by atoms with Crippen LogP contribution >= 0.6 is 46.4 Å². The van der Waals surface area contributed by atoms with E-state index in [0.717, 1.165) is 16.4 Å². The minimum Gasteiger partial charge on any atom is -0.423 e. The molecule has 0 unspecified atom stereocenters. The van der Waals surface area contributed by atoms with Crippen LogP contribution in [0.5, 0.6) is 5.75 Å². The second-order valence-electron chi connectivity index (χ2n) is 11.6. The number of carbonyl (C=O) groups is 5. The summed E-state index contributed by atoms with van der Waals surface area (Å²) in [6.07, 6.45) is 5.04. The number of allylic oxidation sites excluding steroid dienone is 2. The zero-order valence-electron chi connectivity index (χ0n) is 23.2. The van der Waals surface area contributed by atoms with E-state index in [2.05, 4.69) is 0 Å². The third-order valence-corrected chi connectivity index (χ3v) is 10.4. The first-order chi connectivity index (χ1) is 21.5. The molecule has 3 aromatic carbocycles. The molecule has 0 N–H and O–H groups in total. The lowest BCUT2D eigenvalue weighted by Gasteiger charge is -2.37. The first-order valence-corrected chi connectivity index (χ1v) is 15.7. The molecule has 12 heteroatoms. The number of amides is 3. The summed E-state index contributed by atoms with van der Waals surface area (Å²) in [5.74, 6) is -3.41. The Morgan fingerprint density at radius 2 is 1.38 bits per heavy atom. The maximum Gasteiger partial charge on any atom is 0.345 e. The van der Waals surface area contributed by atoms with Gasteiger partial charge in [0.05, 0.1) is 32.5 Å². The fourth-order valence-corrected chi connectivity index (χ4v) is 7.73. The topological polar surface area (TPSA) is 101 Å². The van der Waals surface area contributed by atoms with E-state index >= 15 is 0 Å². The normalized spacial score (nSPS) is 25.6. The van der Waals surface area contributed by atoms with Gasteiger partial charge in [-0.1, -0.05) is 58.6 Å². The first kappa shape index (κ1) is 30.0. The number of ketones is 1. The largest absolute Gasteiger partial charge is 0.423 e. The molecule has 5 aliphatic rings. The molecule has 8 rings (SSSR count). The van der Waals surface area contributed by atoms with Crippen LogP contribution in [0.1, 0.15) is 37.5 Å². The molecule has 228 valence electrons. The number of hydrogen-bond acceptors (Lipinski definition) is 6. The van der Waals surface area contributed by atoms with E-state index in [-0.39, 0.29) is 49.3 Å². The maximum atomic E-state index is 13.9. The number of esters is 1. The summed E-state index contributed by atoms with van der Waals surface area (Å²) >= 11 is 24.2. The van der Waals surface area contributed by atoms with Crippen LogP contribution in [-0.2, 0) is 9.59 Å². The SMILES string of the molecule is O=C(CN(C(=O)c1ccc(Cl)c(Cl)c1)N1C(=O)[C@@H]2[C@H]3C=C[C@@H]([C@@H]4C[C@H]34)[C@@H]2C1=O)c1ccc(OC(=O)c2ccc(Cl)cc2Cl)cc1. The summed E-state index contributed by atoms with van der Waals surface area (Å²) in [7, 11) is 0. The number of ether oxygens (including phenoxy) is 1. The number of halogens is 4. The van der Waals surface area contributed by atoms with Gasteiger partial charge in [-0.3, -0.25) is 19.2 Å². The van der Waals surface area contributed by atoms with E-state index < -0.39 is 47.9 Å². The van der Waals surface area contributed by atoms with Crippen molar-refractivity contribution in [3.8, 4) is 5.75 Å². The van der Waals surface area contributed by atoms with E-state index in [0.29, 0.717) is 16.9 Å². The van der Waals surface area contributed by atoms with Gasteiger partial charge in [-0.05, 0) is 90.8 Å². The average molecular weight is 684 g/mol. The number of Topliss-reactive ketones (excluding diaryl/α,β-unsaturated/α-hetero) is 1. The molecule has 2 saturated carbocycles. The monoisotopic (exact) mass is 682 g/mol. The zero-order chi connectivity index (χ0) is 31.7. The first-order valence-electron chi connectivity index (χ1n) is 14.2. The smallest absolute Gasteiger partial charge is 0.345 e. The third kappa shape index (κ3) is 5.14. The molecule has 1 aliphatic heterocycles. The standard InChI is InChI=1S/C33H22Cl4N2O6/c34-17-4-7-21(25(36)12-17)33(44)45-18-5-1-15(2-6-18)27(40)14-38(30(41)16-3-10-24(35)26(37)11-16)39-31(42)28-19-8-9-20(23-13-22(19)23)29(28)32(39)43/h1-12,19-20,22-23,28-29H,13-14H2/t19-,20-,22-,23+,28-,29+/m0/s1. The van der Waals surface area contributed by atoms with Crippen LogP contribution in [0.15, 0.2) is 72.8 Å². The van der Waals surface area contributed by atoms with Crippen LogP contribution in [0.25, 0.3) is 0 Å². The molecule has 1 saturated heterocycles. The number of imide groups is 1. The predicted molar refractivity (Wildman–Crippen MR) is 166 cm³/mol. The second-order valence-corrected chi connectivity index (χ2v) is 13.3. The van der Waals surface area contributed by atoms with Gasteiger partial charge in [0.15, 0.2) is 5.78 Å². The predicted octanol–water partition coefficient (Wildman–Crippen LogP) is 6.81. The molecule has 0 radical (unpaired) electrons. The molecular weight excluding hydrogens is 662 g/mol. The molecule has 0 spiro atoms. The van der Waals surface area contributed by atoms with Crippen LogP contribution < -0.4 is 4.74 Å². The molecule has 4 aliphatic carbocycles. The summed E-state index contributed by atoms with van der Waals surface area (Å²) in [5.41, 5.74) is 0.324. The lowest BCUT2D eigenvalue weighted by Crippen LogP contribution is -2.52. The minimum atomic E-state index is -0.752. The number of hydrogen-bond donors (Lipinski definition) is 0. The lowest BCUT2D eigenvalue weighted by atomic mass is 9.63. The molecule has 3 amide bonds. The molecule has 3 aromatic rings. The van der Waals surface area contributed by atoms with Gasteiger partial charge in [0.1, 0.15) is 12.3 Å². The van der Waals surface area contributed by atoms with Gasteiger partial charge >= 0.3 is 5.97 Å². The molecule has 3 fully saturated rings. The fourth-order valence-electron chi connectivity index (χ4n) is 6.94. The number of nitrogens with zero attached hydrogens (tertiary/aromatic N) is 2. The van der Waals surface area contributed by atoms with E-state index in [9.17, 15) is 24.0 Å². The van der Waals surface area contributed by atoms with Crippen LogP contribution in [0.2, 0.25) is 20.1 Å². The third-order valence-electron chi connectivity index (χ3n) is 9.11. The van der Waals surface area contributed by atoms with Crippen molar-refractivity contribution >= 4 is 75.9 Å². The number of rotatable bonds is 7. The van der Waals surface area contributed by atoms with Crippen molar-refractivity contribution in [2.75, 3.05) is 6.54 Å². The van der Waals surface area contributed by atoms with Crippen LogP contribution in [0.4, 0.5) is 0 Å². The van der Waals surface area contributed by atoms with E-state index in [4.69, 9.17) is 51.1 Å². The Bertz CT molecular complexity index is 1810. The Morgan fingerprint density at radius 3 is 1.98 bits per heavy atom. The summed E-state index contributed by atoms with van der Waals surface area (Å²) in [6, 6.07) is 14.2. The molecular formula is C33H22Cl4N2O6. The number of hydrazine groups is 1. The average Bonchev–Trinajstić information content (AvgIpc) is 3.80. The van der Waals surface area contributed by atoms with Crippen molar-refractivity contribution in [3.05, 3.63) is 110 Å². The molecule has 6 atom stereocenters. The molecule has 0 aromatic heterocycles. The Hall–Kier alpha value is -3.69. The van der Waals surface area contributed by atoms with E-state index in [1.165, 1.54) is 60.7 Å². The van der Waals surface area contributed by atoms with Crippen molar-refractivity contribution in [2.24, 2.45) is 35.5 Å². The number of benzene rings is 3. The molecule has 8 nitrogen and oxygen atoms in total. The van der Waals surface area contributed by atoms with E-state index in [1.807, 2.05) is 12.2 Å². The van der Waals surface area contributed by atoms with Crippen molar-refractivity contribution in [1.82, 2.24) is 10.0 Å². The Kier molecular flexibility index (Phi) is 7.52. The highest BCUT2D eigenvalue weighted by atomic mass is 35.5. The summed E-state index contributed by atoms with van der Waals surface area (Å²) < 4.78 is 5.39. The minimum absolute atomic E-state index is 0.0553. The molecule has 1 heterocycles. The van der Waals surface area contributed by atoms with E-state index in [1.54, 1.807) is 0 Å². The van der Waals surface area contributed by atoms with Gasteiger partial charge in [-0.25, -0.2) is 9.80 Å². The molecule has 45 heavy (non-hydrogen) atoms. The van der Waals surface area contributed by atoms with Crippen molar-refractivity contribution in [3.63, 3.8) is 0 Å². The molecule has 2 bridgehead atoms. The highest BCUT2D eigenvalue weighted by Gasteiger charge is 2.68. The van der Waals surface area contributed by atoms with Gasteiger partial charge < -0.3 is 4.74 Å². The highest BCUT2D eigenvalue weighted by Crippen LogP contribution is 2.65. The second kappa shape index (κ2) is 11.3. The van der Waals surface area contributed by atoms with Gasteiger partial charge in [0, 0.05) is 16.1 Å². The van der Waals surface area contributed by atoms with Crippen LogP contribution in [-0.4, -0.2) is 46.0 Å². The van der Waals surface area contributed by atoms with Gasteiger partial charge in [-0.15, -0.1) is 0 Å². The number of carbonyl (C=O) groups excluding carboxylic acids is 5. The van der Waals surface area contributed by atoms with Gasteiger partial charge in [0.2, 0.25) is 0 Å². The van der Waals surface area contributed by atoms with Crippen LogP contribution in [0.3, 0.4) is 0 Å². The Balaban J connectivity index is 1.14. The van der Waals surface area contributed by atoms with Crippen LogP contribution in [0, 0.1) is 35.5 Å². The summed E-state index contributed by atoms with van der Waals surface area (Å²) in [6.45, 7) is -0.606. The van der Waals surface area contributed by atoms with Gasteiger partial charge in [0.25, 0.3) is 17.7 Å². The Labute approximate surface area is 277 Å². The lowest BCUT2D eigenvalue weighted by molar-refractivity contribution is -0.154. The van der Waals surface area contributed by atoms with Gasteiger partial charge in [-0.2, -0.15) is 5.01 Å². The fraction of sp³-hybridized carbons (Fsp3) is 0.242. The maximum absolute atomic E-state index is 13.9. The Morgan fingerprint density at radius 1 is 0.756 bits per heavy atom. The summed E-state index contributed by atoms with van der Waals surface area (Å²) in [5, 5.41) is 2.58.